The molecule has 0 aliphatic heterocycles. The first-order valence-electron chi connectivity index (χ1n) is 9.20. The highest BCUT2D eigenvalue weighted by molar-refractivity contribution is 5.93. The van der Waals surface area contributed by atoms with Gasteiger partial charge in [-0.05, 0) is 67.4 Å². The van der Waals surface area contributed by atoms with Gasteiger partial charge in [-0.15, -0.1) is 0 Å². The van der Waals surface area contributed by atoms with E-state index >= 15 is 0 Å². The summed E-state index contributed by atoms with van der Waals surface area (Å²) >= 11 is 0. The van der Waals surface area contributed by atoms with E-state index in [-0.39, 0.29) is 12.5 Å². The van der Waals surface area contributed by atoms with Crippen molar-refractivity contribution in [2.24, 2.45) is 0 Å². The molecule has 27 heavy (non-hydrogen) atoms. The van der Waals surface area contributed by atoms with Gasteiger partial charge in [0.05, 0.1) is 13.2 Å². The van der Waals surface area contributed by atoms with Crippen molar-refractivity contribution in [2.45, 2.75) is 26.7 Å². The first-order chi connectivity index (χ1) is 13.1. The summed E-state index contributed by atoms with van der Waals surface area (Å²) in [6, 6.07) is 14.9. The van der Waals surface area contributed by atoms with Crippen LogP contribution in [0.1, 0.15) is 26.7 Å². The van der Waals surface area contributed by atoms with Gasteiger partial charge in [-0.25, -0.2) is 0 Å². The summed E-state index contributed by atoms with van der Waals surface area (Å²) in [7, 11) is 0. The zero-order valence-corrected chi connectivity index (χ0v) is 16.1. The van der Waals surface area contributed by atoms with Gasteiger partial charge in [-0.2, -0.15) is 0 Å². The minimum absolute atomic E-state index is 0.114. The van der Waals surface area contributed by atoms with Gasteiger partial charge in [0, 0.05) is 11.4 Å². The molecule has 0 fully saturated rings. The smallest absolute Gasteiger partial charge is 0.243 e. The van der Waals surface area contributed by atoms with E-state index in [1.165, 1.54) is 0 Å². The molecule has 0 radical (unpaired) electrons. The van der Waals surface area contributed by atoms with Crippen LogP contribution in [0.5, 0.6) is 11.5 Å². The van der Waals surface area contributed by atoms with Crippen LogP contribution in [-0.4, -0.2) is 25.7 Å². The lowest BCUT2D eigenvalue weighted by atomic mass is 10.3. The Bertz CT molecular complexity index is 724. The first kappa shape index (κ1) is 20.4. The summed E-state index contributed by atoms with van der Waals surface area (Å²) in [5.41, 5.74) is 2.56. The molecule has 5 nitrogen and oxygen atoms in total. The lowest BCUT2D eigenvalue weighted by Gasteiger charge is -2.10. The molecule has 2 aromatic carbocycles. The molecule has 0 heterocycles. The van der Waals surface area contributed by atoms with Crippen LogP contribution in [0.2, 0.25) is 0 Å². The van der Waals surface area contributed by atoms with Crippen LogP contribution < -0.4 is 20.1 Å². The maximum atomic E-state index is 12.1. The minimum atomic E-state index is -0.114. The number of hydrogen-bond acceptors (Lipinski definition) is 4. The number of hydrogen-bond donors (Lipinski definition) is 2. The van der Waals surface area contributed by atoms with E-state index in [2.05, 4.69) is 24.1 Å². The molecule has 0 unspecified atom stereocenters. The normalized spacial score (nSPS) is 10.1. The monoisotopic (exact) mass is 368 g/mol. The van der Waals surface area contributed by atoms with Crippen LogP contribution in [0.15, 0.2) is 60.7 Å². The van der Waals surface area contributed by atoms with Gasteiger partial charge in [0.2, 0.25) is 5.91 Å². The van der Waals surface area contributed by atoms with Gasteiger partial charge < -0.3 is 20.1 Å². The lowest BCUT2D eigenvalue weighted by Crippen LogP contribution is -2.21. The third-order valence-corrected chi connectivity index (χ3v) is 3.70. The van der Waals surface area contributed by atoms with E-state index in [4.69, 9.17) is 9.47 Å². The molecule has 1 amide bonds. The standard InChI is InChI=1S/C22H28N2O3/c1-4-5-14-26-20-12-8-19(9-13-20)24-22(25)15-23-18-6-10-21(11-7-18)27-16-17(2)3/h6-13,23H,2,4-5,14-16H2,1,3H3,(H,24,25). The quantitative estimate of drug-likeness (QED) is 0.439. The van der Waals surface area contributed by atoms with Crippen molar-refractivity contribution in [1.82, 2.24) is 0 Å². The Labute approximate surface area is 161 Å². The molecule has 5 heteroatoms. The topological polar surface area (TPSA) is 59.6 Å². The third kappa shape index (κ3) is 7.86. The lowest BCUT2D eigenvalue weighted by molar-refractivity contribution is -0.114. The predicted octanol–water partition coefficient (Wildman–Crippen LogP) is 4.87. The van der Waals surface area contributed by atoms with E-state index in [0.29, 0.717) is 13.2 Å². The number of unbranched alkanes of at least 4 members (excludes halogenated alkanes) is 1. The largest absolute Gasteiger partial charge is 0.494 e. The average Bonchev–Trinajstić information content (AvgIpc) is 2.67. The summed E-state index contributed by atoms with van der Waals surface area (Å²) in [6.07, 6.45) is 2.14. The van der Waals surface area contributed by atoms with Crippen molar-refractivity contribution in [1.29, 1.82) is 0 Å². The number of carbonyl (C=O) groups is 1. The fraction of sp³-hybridized carbons (Fsp3) is 0.318. The molecule has 0 aliphatic rings. The highest BCUT2D eigenvalue weighted by Gasteiger charge is 2.03. The Kier molecular flexibility index (Phi) is 8.23. The van der Waals surface area contributed by atoms with Crippen LogP contribution >= 0.6 is 0 Å². The van der Waals surface area contributed by atoms with Crippen LogP contribution in [0.25, 0.3) is 0 Å². The van der Waals surface area contributed by atoms with E-state index in [9.17, 15) is 4.79 Å². The van der Waals surface area contributed by atoms with Gasteiger partial charge in [0.25, 0.3) is 0 Å². The van der Waals surface area contributed by atoms with Crippen LogP contribution in [0.4, 0.5) is 11.4 Å². The second-order valence-electron chi connectivity index (χ2n) is 6.40. The number of benzene rings is 2. The average molecular weight is 368 g/mol. The zero-order valence-electron chi connectivity index (χ0n) is 16.1. The Morgan fingerprint density at radius 1 is 0.963 bits per heavy atom. The van der Waals surface area contributed by atoms with Crippen LogP contribution in [0, 0.1) is 0 Å². The zero-order chi connectivity index (χ0) is 19.5. The van der Waals surface area contributed by atoms with Gasteiger partial charge in [0.15, 0.2) is 0 Å². The molecule has 2 rings (SSSR count). The fourth-order valence-electron chi connectivity index (χ4n) is 2.23. The maximum Gasteiger partial charge on any atom is 0.243 e. The highest BCUT2D eigenvalue weighted by atomic mass is 16.5. The van der Waals surface area contributed by atoms with E-state index < -0.39 is 0 Å². The molecule has 0 saturated carbocycles. The highest BCUT2D eigenvalue weighted by Crippen LogP contribution is 2.17. The number of amides is 1. The van der Waals surface area contributed by atoms with Gasteiger partial charge in [0.1, 0.15) is 18.1 Å². The second-order valence-corrected chi connectivity index (χ2v) is 6.40. The third-order valence-electron chi connectivity index (χ3n) is 3.70. The number of rotatable bonds is 11. The number of nitrogens with one attached hydrogen (secondary N) is 2. The molecular weight excluding hydrogens is 340 g/mol. The van der Waals surface area contributed by atoms with E-state index in [0.717, 1.165) is 41.3 Å². The molecule has 144 valence electrons. The van der Waals surface area contributed by atoms with E-state index in [1.54, 1.807) is 0 Å². The van der Waals surface area contributed by atoms with Crippen LogP contribution in [-0.2, 0) is 4.79 Å². The Hall–Kier alpha value is -2.95. The van der Waals surface area contributed by atoms with E-state index in [1.807, 2.05) is 55.5 Å². The van der Waals surface area contributed by atoms with Crippen molar-refractivity contribution < 1.29 is 14.3 Å². The Morgan fingerprint density at radius 3 is 2.15 bits per heavy atom. The molecule has 0 aliphatic carbocycles. The summed E-state index contributed by atoms with van der Waals surface area (Å²) in [5.74, 6) is 1.47. The maximum absolute atomic E-state index is 12.1. The SMILES string of the molecule is C=C(C)COc1ccc(NCC(=O)Nc2ccc(OCCCC)cc2)cc1. The summed E-state index contributed by atoms with van der Waals surface area (Å²) in [5, 5.41) is 5.95. The number of ether oxygens (including phenoxy) is 2. The summed E-state index contributed by atoms with van der Waals surface area (Å²) in [4.78, 5) is 12.1. The molecule has 0 spiro atoms. The molecule has 0 bridgehead atoms. The van der Waals surface area contributed by atoms with Crippen molar-refractivity contribution in [3.8, 4) is 11.5 Å². The van der Waals surface area contributed by atoms with Crippen molar-refractivity contribution in [2.75, 3.05) is 30.4 Å². The Morgan fingerprint density at radius 2 is 1.56 bits per heavy atom. The number of carbonyl (C=O) groups excluding carboxylic acids is 1. The molecule has 2 N–H and O–H groups in total. The summed E-state index contributed by atoms with van der Waals surface area (Å²) in [6.45, 7) is 9.24. The number of anilines is 2. The molecule has 0 aromatic heterocycles. The van der Waals surface area contributed by atoms with Crippen LogP contribution in [0.3, 0.4) is 0 Å². The molecule has 2 aromatic rings. The van der Waals surface area contributed by atoms with Gasteiger partial charge in [-0.3, -0.25) is 4.79 Å². The fourth-order valence-corrected chi connectivity index (χ4v) is 2.23. The Balaban J connectivity index is 1.74. The minimum Gasteiger partial charge on any atom is -0.494 e. The van der Waals surface area contributed by atoms with Crippen molar-refractivity contribution in [3.05, 3.63) is 60.7 Å². The van der Waals surface area contributed by atoms with Crippen molar-refractivity contribution >= 4 is 17.3 Å². The predicted molar refractivity (Wildman–Crippen MR) is 111 cm³/mol. The van der Waals surface area contributed by atoms with Gasteiger partial charge >= 0.3 is 0 Å². The van der Waals surface area contributed by atoms with Gasteiger partial charge in [-0.1, -0.05) is 19.9 Å². The molecule has 0 atom stereocenters. The second kappa shape index (κ2) is 10.9. The molecular formula is C22H28N2O3. The first-order valence-corrected chi connectivity index (χ1v) is 9.20. The molecule has 0 saturated heterocycles. The summed E-state index contributed by atoms with van der Waals surface area (Å²) < 4.78 is 11.2. The van der Waals surface area contributed by atoms with Crippen molar-refractivity contribution in [3.63, 3.8) is 0 Å².